The topological polar surface area (TPSA) is 31.2 Å². The molecule has 1 aliphatic heterocycles. The van der Waals surface area contributed by atoms with E-state index < -0.39 is 0 Å². The highest BCUT2D eigenvalue weighted by Gasteiger charge is 2.16. The summed E-state index contributed by atoms with van der Waals surface area (Å²) in [7, 11) is 0. The van der Waals surface area contributed by atoms with Crippen LogP contribution in [0, 0.1) is 6.92 Å². The Balaban J connectivity index is 1.57. The van der Waals surface area contributed by atoms with Crippen LogP contribution in [0.2, 0.25) is 10.0 Å². The Morgan fingerprint density at radius 2 is 1.57 bits per heavy atom. The van der Waals surface area contributed by atoms with Gasteiger partial charge in [0.1, 0.15) is 0 Å². The van der Waals surface area contributed by atoms with Crippen LogP contribution in [-0.2, 0) is 0 Å². The lowest BCUT2D eigenvalue weighted by atomic mass is 10.2. The van der Waals surface area contributed by atoms with Crippen LogP contribution in [0.5, 0.6) is 0 Å². The summed E-state index contributed by atoms with van der Waals surface area (Å²) in [5, 5.41) is 11.8. The summed E-state index contributed by atoms with van der Waals surface area (Å²) in [5.41, 5.74) is 3.19. The molecular formula is C17H18Cl2N4. The Bertz CT molecular complexity index is 692. The zero-order valence-corrected chi connectivity index (χ0v) is 14.4. The third kappa shape index (κ3) is 4.15. The van der Waals surface area contributed by atoms with Gasteiger partial charge in [0.2, 0.25) is 0 Å². The molecule has 0 amide bonds. The number of benzene rings is 2. The highest BCUT2D eigenvalue weighted by Crippen LogP contribution is 2.27. The molecular weight excluding hydrogens is 331 g/mol. The predicted octanol–water partition coefficient (Wildman–Crippen LogP) is 5.12. The van der Waals surface area contributed by atoms with Gasteiger partial charge in [0.05, 0.1) is 28.8 Å². The summed E-state index contributed by atoms with van der Waals surface area (Å²) >= 11 is 12.1. The highest BCUT2D eigenvalue weighted by atomic mass is 35.5. The molecule has 0 spiro atoms. The average molecular weight is 349 g/mol. The zero-order chi connectivity index (χ0) is 16.2. The molecule has 2 aromatic rings. The van der Waals surface area contributed by atoms with Crippen LogP contribution in [0.25, 0.3) is 0 Å². The summed E-state index contributed by atoms with van der Waals surface area (Å²) in [6.45, 7) is 5.48. The average Bonchev–Trinajstić information content (AvgIpc) is 2.57. The van der Waals surface area contributed by atoms with Crippen molar-refractivity contribution in [3.05, 3.63) is 58.1 Å². The van der Waals surface area contributed by atoms with E-state index in [-0.39, 0.29) is 0 Å². The lowest BCUT2D eigenvalue weighted by Gasteiger charge is -2.34. The van der Waals surface area contributed by atoms with Gasteiger partial charge in [0.15, 0.2) is 0 Å². The Kier molecular flexibility index (Phi) is 5.03. The van der Waals surface area contributed by atoms with Crippen LogP contribution >= 0.6 is 23.2 Å². The number of rotatable bonds is 3. The van der Waals surface area contributed by atoms with E-state index in [2.05, 4.69) is 22.2 Å². The normalized spacial score (nSPS) is 15.4. The van der Waals surface area contributed by atoms with E-state index in [1.165, 1.54) is 5.56 Å². The minimum absolute atomic E-state index is 0.584. The van der Waals surface area contributed by atoms with Crippen molar-refractivity contribution < 1.29 is 0 Å². The molecule has 0 radical (unpaired) electrons. The third-order valence-corrected chi connectivity index (χ3v) is 4.58. The van der Waals surface area contributed by atoms with Gasteiger partial charge in [0.25, 0.3) is 0 Å². The van der Waals surface area contributed by atoms with Gasteiger partial charge >= 0.3 is 0 Å². The second-order valence-corrected chi connectivity index (χ2v) is 6.38. The molecule has 1 saturated heterocycles. The van der Waals surface area contributed by atoms with Crippen LogP contribution in [0.3, 0.4) is 0 Å². The van der Waals surface area contributed by atoms with E-state index in [9.17, 15) is 0 Å². The highest BCUT2D eigenvalue weighted by molar-refractivity contribution is 6.42. The molecule has 120 valence electrons. The first-order valence-corrected chi connectivity index (χ1v) is 8.31. The summed E-state index contributed by atoms with van der Waals surface area (Å²) in [6.07, 6.45) is 0. The smallest absolute Gasteiger partial charge is 0.0874 e. The van der Waals surface area contributed by atoms with E-state index >= 15 is 0 Å². The quantitative estimate of drug-likeness (QED) is 0.720. The molecule has 0 saturated carbocycles. The van der Waals surface area contributed by atoms with Gasteiger partial charge in [-0.25, -0.2) is 0 Å². The molecule has 3 rings (SSSR count). The fourth-order valence-corrected chi connectivity index (χ4v) is 2.74. The molecule has 23 heavy (non-hydrogen) atoms. The van der Waals surface area contributed by atoms with Crippen molar-refractivity contribution >= 4 is 34.6 Å². The summed E-state index contributed by atoms with van der Waals surface area (Å²) in [5.74, 6) is 0. The zero-order valence-electron chi connectivity index (χ0n) is 12.9. The number of halogens is 2. The van der Waals surface area contributed by atoms with Crippen molar-refractivity contribution in [1.29, 1.82) is 0 Å². The summed E-state index contributed by atoms with van der Waals surface area (Å²) in [6, 6.07) is 13.8. The molecule has 6 heteroatoms. The first-order valence-electron chi connectivity index (χ1n) is 7.55. The number of hydrogen-bond donors (Lipinski definition) is 0. The van der Waals surface area contributed by atoms with E-state index in [0.29, 0.717) is 10.0 Å². The molecule has 1 fully saturated rings. The predicted molar refractivity (Wildman–Crippen MR) is 95.9 cm³/mol. The number of hydrogen-bond acceptors (Lipinski definition) is 3. The van der Waals surface area contributed by atoms with Crippen molar-refractivity contribution in [2.24, 2.45) is 10.3 Å². The van der Waals surface area contributed by atoms with Gasteiger partial charge in [-0.15, -0.1) is 5.11 Å². The van der Waals surface area contributed by atoms with E-state index in [1.807, 2.05) is 47.5 Å². The minimum atomic E-state index is 0.584. The Morgan fingerprint density at radius 3 is 2.22 bits per heavy atom. The van der Waals surface area contributed by atoms with Crippen molar-refractivity contribution in [1.82, 2.24) is 5.01 Å². The second kappa shape index (κ2) is 7.20. The fourth-order valence-electron chi connectivity index (χ4n) is 2.45. The molecule has 1 aliphatic rings. The molecule has 2 aromatic carbocycles. The maximum atomic E-state index is 6.09. The van der Waals surface area contributed by atoms with Crippen LogP contribution < -0.4 is 4.90 Å². The van der Waals surface area contributed by atoms with Gasteiger partial charge < -0.3 is 4.90 Å². The van der Waals surface area contributed by atoms with Gasteiger partial charge in [-0.2, -0.15) is 0 Å². The largest absolute Gasteiger partial charge is 0.368 e. The molecule has 0 N–H and O–H groups in total. The van der Waals surface area contributed by atoms with Gasteiger partial charge in [0, 0.05) is 18.8 Å². The first-order chi connectivity index (χ1) is 11.1. The molecule has 0 atom stereocenters. The van der Waals surface area contributed by atoms with Crippen molar-refractivity contribution in [2.75, 3.05) is 31.1 Å². The van der Waals surface area contributed by atoms with E-state index in [4.69, 9.17) is 23.2 Å². The minimum Gasteiger partial charge on any atom is -0.368 e. The monoisotopic (exact) mass is 348 g/mol. The number of anilines is 1. The van der Waals surface area contributed by atoms with Crippen LogP contribution in [0.15, 0.2) is 52.8 Å². The maximum Gasteiger partial charge on any atom is 0.0874 e. The molecule has 1 heterocycles. The second-order valence-electron chi connectivity index (χ2n) is 5.56. The lowest BCUT2D eigenvalue weighted by molar-refractivity contribution is 0.254. The van der Waals surface area contributed by atoms with Crippen molar-refractivity contribution in [2.45, 2.75) is 6.92 Å². The van der Waals surface area contributed by atoms with Crippen LogP contribution in [0.4, 0.5) is 11.4 Å². The lowest BCUT2D eigenvalue weighted by Crippen LogP contribution is -2.43. The maximum absolute atomic E-state index is 6.09. The van der Waals surface area contributed by atoms with Crippen LogP contribution in [-0.4, -0.2) is 31.2 Å². The van der Waals surface area contributed by atoms with E-state index in [0.717, 1.165) is 37.6 Å². The molecule has 0 unspecified atom stereocenters. The van der Waals surface area contributed by atoms with Gasteiger partial charge in [-0.3, -0.25) is 5.01 Å². The first kappa shape index (κ1) is 16.1. The van der Waals surface area contributed by atoms with Crippen LogP contribution in [0.1, 0.15) is 5.56 Å². The SMILES string of the molecule is Cc1ccc(N=NN2CCN(c3ccc(Cl)c(Cl)c3)CC2)cc1. The number of nitrogens with zero attached hydrogens (tertiary/aromatic N) is 4. The Morgan fingerprint density at radius 1 is 0.870 bits per heavy atom. The third-order valence-electron chi connectivity index (χ3n) is 3.85. The molecule has 0 aliphatic carbocycles. The molecule has 0 aromatic heterocycles. The fraction of sp³-hybridized carbons (Fsp3) is 0.294. The molecule has 4 nitrogen and oxygen atoms in total. The molecule has 0 bridgehead atoms. The van der Waals surface area contributed by atoms with Crippen molar-refractivity contribution in [3.63, 3.8) is 0 Å². The van der Waals surface area contributed by atoms with E-state index in [1.54, 1.807) is 0 Å². The Labute approximate surface area is 146 Å². The summed E-state index contributed by atoms with van der Waals surface area (Å²) in [4.78, 5) is 2.28. The van der Waals surface area contributed by atoms with Gasteiger partial charge in [-0.05, 0) is 37.3 Å². The summed E-state index contributed by atoms with van der Waals surface area (Å²) < 4.78 is 0. The standard InChI is InChI=1S/C17H18Cl2N4/c1-13-2-4-14(5-3-13)20-21-23-10-8-22(9-11-23)15-6-7-16(18)17(19)12-15/h2-7,12H,8-11H2,1H3. The number of aryl methyl sites for hydroxylation is 1. The Hall–Kier alpha value is -1.78. The van der Waals surface area contributed by atoms with Crippen molar-refractivity contribution in [3.8, 4) is 0 Å². The van der Waals surface area contributed by atoms with Gasteiger partial charge in [-0.1, -0.05) is 46.1 Å². The number of piperazine rings is 1.